The smallest absolute Gasteiger partial charge is 0.181 e. The minimum absolute atomic E-state index is 0.0569. The van der Waals surface area contributed by atoms with Crippen LogP contribution >= 0.6 is 7.29 Å². The van der Waals surface area contributed by atoms with Gasteiger partial charge in [-0.15, -0.1) is 0 Å². The zero-order valence-electron chi connectivity index (χ0n) is 14.8. The van der Waals surface area contributed by atoms with Crippen LogP contribution in [0.25, 0.3) is 0 Å². The van der Waals surface area contributed by atoms with E-state index in [1.807, 2.05) is 48.5 Å². The monoisotopic (exact) mass is 329 g/mol. The van der Waals surface area contributed by atoms with E-state index in [1.54, 1.807) is 0 Å². The summed E-state index contributed by atoms with van der Waals surface area (Å²) < 4.78 is 14.0. The van der Waals surface area contributed by atoms with Gasteiger partial charge >= 0.3 is 0 Å². The van der Waals surface area contributed by atoms with Crippen molar-refractivity contribution < 1.29 is 4.57 Å². The van der Waals surface area contributed by atoms with E-state index >= 15 is 0 Å². The van der Waals surface area contributed by atoms with Crippen molar-refractivity contribution in [1.29, 1.82) is 0 Å². The molecule has 0 amide bonds. The lowest BCUT2D eigenvalue weighted by atomic mass is 9.97. The van der Waals surface area contributed by atoms with Crippen molar-refractivity contribution in [3.63, 3.8) is 0 Å². The fourth-order valence-corrected chi connectivity index (χ4v) is 5.50. The Labute approximate surface area is 140 Å². The third kappa shape index (κ3) is 3.94. The second-order valence-corrected chi connectivity index (χ2v) is 10.7. The van der Waals surface area contributed by atoms with Gasteiger partial charge in [0.05, 0.1) is 0 Å². The molecule has 1 unspecified atom stereocenters. The molecular formula is C20H28NOP. The molecule has 0 aliphatic heterocycles. The van der Waals surface area contributed by atoms with Crippen LogP contribution in [-0.2, 0) is 4.57 Å². The average molecular weight is 329 g/mol. The topological polar surface area (TPSA) is 29.1 Å². The second-order valence-electron chi connectivity index (χ2n) is 7.38. The third-order valence-electron chi connectivity index (χ3n) is 4.21. The van der Waals surface area contributed by atoms with Gasteiger partial charge in [-0.1, -0.05) is 95.3 Å². The first-order valence-corrected chi connectivity index (χ1v) is 9.95. The molecule has 2 nitrogen and oxygen atoms in total. The first kappa shape index (κ1) is 18.0. The standard InChI is InChI=1S/C20H28NOP/c1-16(2)19(17-12-8-6-9-13-17)21-23(22,20(3,4)5)18-14-10-7-11-15-18/h6-16,19H,1-5H3,(H,21,22)/t19-,23?/m0/s1. The van der Waals surface area contributed by atoms with Gasteiger partial charge in [0.15, 0.2) is 7.29 Å². The molecule has 0 heterocycles. The first-order valence-electron chi connectivity index (χ1n) is 8.24. The van der Waals surface area contributed by atoms with Crippen LogP contribution in [0.2, 0.25) is 0 Å². The molecule has 2 atom stereocenters. The lowest BCUT2D eigenvalue weighted by Gasteiger charge is -2.37. The minimum atomic E-state index is -2.78. The maximum absolute atomic E-state index is 14.0. The normalized spacial score (nSPS) is 16.1. The molecule has 0 bridgehead atoms. The summed E-state index contributed by atoms with van der Waals surface area (Å²) in [6.07, 6.45) is 0. The number of hydrogen-bond donors (Lipinski definition) is 1. The van der Waals surface area contributed by atoms with Crippen molar-refractivity contribution in [2.75, 3.05) is 0 Å². The van der Waals surface area contributed by atoms with Crippen LogP contribution in [0.4, 0.5) is 0 Å². The Morgan fingerprint density at radius 3 is 1.78 bits per heavy atom. The fourth-order valence-electron chi connectivity index (χ4n) is 2.76. The summed E-state index contributed by atoms with van der Waals surface area (Å²) in [5, 5.41) is 4.10. The zero-order valence-corrected chi connectivity index (χ0v) is 15.7. The highest BCUT2D eigenvalue weighted by Gasteiger charge is 2.40. The van der Waals surface area contributed by atoms with E-state index in [9.17, 15) is 4.57 Å². The van der Waals surface area contributed by atoms with Crippen molar-refractivity contribution in [1.82, 2.24) is 5.09 Å². The van der Waals surface area contributed by atoms with Gasteiger partial charge in [0.1, 0.15) is 0 Å². The largest absolute Gasteiger partial charge is 0.301 e. The first-order chi connectivity index (χ1) is 10.8. The predicted molar refractivity (Wildman–Crippen MR) is 101 cm³/mol. The van der Waals surface area contributed by atoms with E-state index in [1.165, 1.54) is 5.56 Å². The van der Waals surface area contributed by atoms with E-state index < -0.39 is 7.29 Å². The van der Waals surface area contributed by atoms with Crippen molar-refractivity contribution in [3.05, 3.63) is 66.2 Å². The summed E-state index contributed by atoms with van der Waals surface area (Å²) >= 11 is 0. The molecule has 2 aromatic carbocycles. The van der Waals surface area contributed by atoms with E-state index in [4.69, 9.17) is 0 Å². The Morgan fingerprint density at radius 1 is 0.870 bits per heavy atom. The van der Waals surface area contributed by atoms with Crippen LogP contribution in [0.15, 0.2) is 60.7 Å². The maximum Gasteiger partial charge on any atom is 0.181 e. The number of benzene rings is 2. The van der Waals surface area contributed by atoms with Gasteiger partial charge in [0, 0.05) is 16.5 Å². The Kier molecular flexibility index (Phi) is 5.49. The van der Waals surface area contributed by atoms with E-state index in [0.717, 1.165) is 5.30 Å². The maximum atomic E-state index is 14.0. The summed E-state index contributed by atoms with van der Waals surface area (Å²) in [6, 6.07) is 20.2. The molecule has 0 aliphatic rings. The number of rotatable bonds is 5. The number of hydrogen-bond acceptors (Lipinski definition) is 1. The van der Waals surface area contributed by atoms with Crippen molar-refractivity contribution in [2.45, 2.75) is 45.8 Å². The third-order valence-corrected chi connectivity index (χ3v) is 7.77. The van der Waals surface area contributed by atoms with Gasteiger partial charge in [-0.3, -0.25) is 5.09 Å². The summed E-state index contributed by atoms with van der Waals surface area (Å²) in [6.45, 7) is 10.5. The molecule has 0 spiro atoms. The van der Waals surface area contributed by atoms with E-state index in [-0.39, 0.29) is 11.2 Å². The van der Waals surface area contributed by atoms with Crippen LogP contribution in [0.5, 0.6) is 0 Å². The van der Waals surface area contributed by atoms with Crippen LogP contribution in [0.3, 0.4) is 0 Å². The summed E-state index contributed by atoms with van der Waals surface area (Å²) in [5.41, 5.74) is 1.18. The van der Waals surface area contributed by atoms with E-state index in [0.29, 0.717) is 5.92 Å². The lowest BCUT2D eigenvalue weighted by Crippen LogP contribution is -2.36. The van der Waals surface area contributed by atoms with Crippen LogP contribution in [-0.4, -0.2) is 5.16 Å². The van der Waals surface area contributed by atoms with E-state index in [2.05, 4.69) is 51.8 Å². The number of nitrogens with one attached hydrogen (secondary N) is 1. The van der Waals surface area contributed by atoms with Gasteiger partial charge in [-0.25, -0.2) is 0 Å². The average Bonchev–Trinajstić information content (AvgIpc) is 2.52. The van der Waals surface area contributed by atoms with Gasteiger partial charge in [-0.05, 0) is 11.5 Å². The Hall–Kier alpha value is -1.37. The SMILES string of the molecule is CC(C)[C@H](NP(=O)(c1ccccc1)C(C)(C)C)c1ccccc1. The minimum Gasteiger partial charge on any atom is -0.301 e. The van der Waals surface area contributed by atoms with Crippen molar-refractivity contribution in [2.24, 2.45) is 5.92 Å². The predicted octanol–water partition coefficient (Wildman–Crippen LogP) is 5.38. The molecule has 124 valence electrons. The molecule has 1 N–H and O–H groups in total. The molecule has 2 aromatic rings. The molecule has 23 heavy (non-hydrogen) atoms. The Morgan fingerprint density at radius 2 is 1.35 bits per heavy atom. The highest BCUT2D eigenvalue weighted by atomic mass is 31.2. The molecular weight excluding hydrogens is 301 g/mol. The zero-order chi connectivity index (χ0) is 17.1. The lowest BCUT2D eigenvalue weighted by molar-refractivity contribution is 0.455. The summed E-state index contributed by atoms with van der Waals surface area (Å²) in [7, 11) is -2.78. The quantitative estimate of drug-likeness (QED) is 0.747. The molecule has 0 fully saturated rings. The Balaban J connectivity index is 2.47. The molecule has 2 rings (SSSR count). The summed E-state index contributed by atoms with van der Waals surface area (Å²) in [5.74, 6) is 0.344. The van der Waals surface area contributed by atoms with Crippen molar-refractivity contribution >= 4 is 12.6 Å². The molecule has 0 saturated heterocycles. The highest BCUT2D eigenvalue weighted by Crippen LogP contribution is 2.55. The molecule has 3 heteroatoms. The molecule has 0 aromatic heterocycles. The van der Waals surface area contributed by atoms with Crippen molar-refractivity contribution in [3.8, 4) is 0 Å². The highest BCUT2D eigenvalue weighted by molar-refractivity contribution is 7.71. The van der Waals surface area contributed by atoms with Gasteiger partial charge in [0.2, 0.25) is 0 Å². The molecule has 0 saturated carbocycles. The fraction of sp³-hybridized carbons (Fsp3) is 0.400. The van der Waals surface area contributed by atoms with Gasteiger partial charge in [-0.2, -0.15) is 0 Å². The second kappa shape index (κ2) is 7.03. The van der Waals surface area contributed by atoms with Crippen LogP contribution in [0, 0.1) is 5.92 Å². The van der Waals surface area contributed by atoms with Crippen LogP contribution in [0.1, 0.15) is 46.2 Å². The van der Waals surface area contributed by atoms with Gasteiger partial charge < -0.3 is 4.57 Å². The van der Waals surface area contributed by atoms with Crippen LogP contribution < -0.4 is 10.4 Å². The summed E-state index contributed by atoms with van der Waals surface area (Å²) in [4.78, 5) is 0. The molecule has 0 aliphatic carbocycles. The molecule has 0 radical (unpaired) electrons. The van der Waals surface area contributed by atoms with Gasteiger partial charge in [0.25, 0.3) is 0 Å². The Bertz CT molecular complexity index is 659.